The van der Waals surface area contributed by atoms with Gasteiger partial charge in [-0.05, 0) is 51.1 Å². The maximum Gasteiger partial charge on any atom is 0.330 e. The van der Waals surface area contributed by atoms with E-state index in [2.05, 4.69) is 19.1 Å². The molecule has 38 heavy (non-hydrogen) atoms. The molecule has 7 nitrogen and oxygen atoms in total. The lowest BCUT2D eigenvalue weighted by Crippen LogP contribution is -2.29. The van der Waals surface area contributed by atoms with E-state index in [-0.39, 0.29) is 19.2 Å². The van der Waals surface area contributed by atoms with Crippen LogP contribution in [-0.2, 0) is 25.0 Å². The normalized spacial score (nSPS) is 13.0. The minimum Gasteiger partial charge on any atom is -0.490 e. The molecular weight excluding hydrogens is 501 g/mol. The molecule has 8 heteroatoms. The number of rotatable bonds is 25. The van der Waals surface area contributed by atoms with Crippen molar-refractivity contribution in [3.05, 3.63) is 29.8 Å². The van der Waals surface area contributed by atoms with Gasteiger partial charge in [-0.2, -0.15) is 0 Å². The van der Waals surface area contributed by atoms with E-state index in [0.29, 0.717) is 26.0 Å². The zero-order chi connectivity index (χ0) is 27.8. The summed E-state index contributed by atoms with van der Waals surface area (Å²) in [6.45, 7) is 5.39. The van der Waals surface area contributed by atoms with E-state index in [1.54, 1.807) is 0 Å². The molecule has 0 aliphatic heterocycles. The maximum absolute atomic E-state index is 12.1. The summed E-state index contributed by atoms with van der Waals surface area (Å²) in [5.74, 6) is 0.446. The van der Waals surface area contributed by atoms with Crippen molar-refractivity contribution in [3.8, 4) is 5.75 Å². The SMILES string of the molecule is CCCCCCCCCCCCCc1cccc(OCC(COP(O)OCCN(C)C)OC(=O)CCC)c1. The van der Waals surface area contributed by atoms with Gasteiger partial charge in [0.25, 0.3) is 0 Å². The Bertz CT molecular complexity index is 705. The quantitative estimate of drug-likeness (QED) is 0.0763. The van der Waals surface area contributed by atoms with Crippen molar-refractivity contribution >= 4 is 14.6 Å². The van der Waals surface area contributed by atoms with Gasteiger partial charge in [-0.1, -0.05) is 90.2 Å². The zero-order valence-electron chi connectivity index (χ0n) is 24.5. The standard InChI is InChI=1S/C30H54NO6P/c1-5-7-8-9-10-11-12-13-14-15-16-19-27-20-17-21-28(24-27)34-25-29(37-30(32)18-6-2)26-36-38(33)35-23-22-31(3)4/h17,20-21,24,29,33H,5-16,18-19,22-23,25-26H2,1-4H3. The number of aryl methyl sites for hydroxylation is 1. The van der Waals surface area contributed by atoms with Crippen LogP contribution in [0.25, 0.3) is 0 Å². The van der Waals surface area contributed by atoms with E-state index in [9.17, 15) is 9.69 Å². The lowest BCUT2D eigenvalue weighted by Gasteiger charge is -2.20. The van der Waals surface area contributed by atoms with Gasteiger partial charge < -0.3 is 28.3 Å². The molecule has 0 radical (unpaired) electrons. The van der Waals surface area contributed by atoms with Crippen LogP contribution in [-0.4, -0.2) is 62.3 Å². The zero-order valence-corrected chi connectivity index (χ0v) is 25.4. The first-order chi connectivity index (χ1) is 18.4. The van der Waals surface area contributed by atoms with Gasteiger partial charge in [0.2, 0.25) is 0 Å². The number of ether oxygens (including phenoxy) is 2. The smallest absolute Gasteiger partial charge is 0.330 e. The van der Waals surface area contributed by atoms with Crippen LogP contribution in [0.5, 0.6) is 5.75 Å². The molecule has 220 valence electrons. The van der Waals surface area contributed by atoms with Gasteiger partial charge >= 0.3 is 14.6 Å². The molecule has 1 aromatic rings. The Balaban J connectivity index is 2.36. The molecule has 1 aromatic carbocycles. The summed E-state index contributed by atoms with van der Waals surface area (Å²) in [5.41, 5.74) is 1.25. The Labute approximate surface area is 233 Å². The summed E-state index contributed by atoms with van der Waals surface area (Å²) in [6, 6.07) is 8.11. The first-order valence-electron chi connectivity index (χ1n) is 14.7. The van der Waals surface area contributed by atoms with E-state index >= 15 is 0 Å². The number of benzene rings is 1. The highest BCUT2D eigenvalue weighted by Gasteiger charge is 2.19. The van der Waals surface area contributed by atoms with Crippen molar-refractivity contribution in [1.82, 2.24) is 4.90 Å². The lowest BCUT2D eigenvalue weighted by atomic mass is 10.0. The Hall–Kier alpha value is -1.24. The van der Waals surface area contributed by atoms with Crippen molar-refractivity contribution in [2.45, 2.75) is 110 Å². The number of hydrogen-bond acceptors (Lipinski definition) is 7. The van der Waals surface area contributed by atoms with Crippen LogP contribution in [0.3, 0.4) is 0 Å². The average molecular weight is 556 g/mol. The molecule has 0 saturated heterocycles. The Kier molecular flexibility index (Phi) is 21.6. The molecule has 0 fully saturated rings. The van der Waals surface area contributed by atoms with Crippen molar-refractivity contribution in [1.29, 1.82) is 0 Å². The van der Waals surface area contributed by atoms with Crippen molar-refractivity contribution in [2.24, 2.45) is 0 Å². The fourth-order valence-electron chi connectivity index (χ4n) is 4.02. The monoisotopic (exact) mass is 555 g/mol. The molecule has 0 heterocycles. The van der Waals surface area contributed by atoms with Crippen molar-refractivity contribution < 1.29 is 28.2 Å². The molecule has 2 unspecified atom stereocenters. The number of unbranched alkanes of at least 4 members (excludes halogenated alkanes) is 10. The number of hydrogen-bond donors (Lipinski definition) is 1. The third kappa shape index (κ3) is 19.8. The van der Waals surface area contributed by atoms with Crippen LogP contribution in [0, 0.1) is 0 Å². The summed E-state index contributed by atoms with van der Waals surface area (Å²) in [7, 11) is 1.82. The van der Waals surface area contributed by atoms with Crippen LogP contribution >= 0.6 is 8.60 Å². The number of carbonyl (C=O) groups is 1. The van der Waals surface area contributed by atoms with Crippen molar-refractivity contribution in [2.75, 3.05) is 40.5 Å². The van der Waals surface area contributed by atoms with E-state index in [0.717, 1.165) is 12.2 Å². The lowest BCUT2D eigenvalue weighted by molar-refractivity contribution is -0.152. The Morgan fingerprint density at radius 3 is 2.18 bits per heavy atom. The topological polar surface area (TPSA) is 77.5 Å². The summed E-state index contributed by atoms with van der Waals surface area (Å²) >= 11 is 0. The number of likely N-dealkylation sites (N-methyl/N-ethyl adjacent to an activating group) is 1. The average Bonchev–Trinajstić information content (AvgIpc) is 2.89. The summed E-state index contributed by atoms with van der Waals surface area (Å²) in [4.78, 5) is 24.0. The first kappa shape index (κ1) is 34.8. The third-order valence-electron chi connectivity index (χ3n) is 6.27. The molecule has 0 saturated carbocycles. The van der Waals surface area contributed by atoms with Gasteiger partial charge in [0.15, 0.2) is 6.10 Å². The predicted molar refractivity (Wildman–Crippen MR) is 156 cm³/mol. The van der Waals surface area contributed by atoms with Crippen molar-refractivity contribution in [3.63, 3.8) is 0 Å². The van der Waals surface area contributed by atoms with Gasteiger partial charge in [0.1, 0.15) is 12.4 Å². The largest absolute Gasteiger partial charge is 0.490 e. The molecule has 0 amide bonds. The molecule has 0 aliphatic carbocycles. The number of nitrogens with zero attached hydrogens (tertiary/aromatic N) is 1. The molecule has 0 spiro atoms. The maximum atomic E-state index is 12.1. The second-order valence-corrected chi connectivity index (χ2v) is 11.3. The summed E-state index contributed by atoms with van der Waals surface area (Å²) in [6.07, 6.45) is 16.2. The van der Waals surface area contributed by atoms with Gasteiger partial charge in [0.05, 0.1) is 13.2 Å². The summed E-state index contributed by atoms with van der Waals surface area (Å²) in [5, 5.41) is 0. The number of esters is 1. The second kappa shape index (κ2) is 23.6. The predicted octanol–water partition coefficient (Wildman–Crippen LogP) is 7.44. The Morgan fingerprint density at radius 1 is 0.895 bits per heavy atom. The minimum atomic E-state index is -2.04. The van der Waals surface area contributed by atoms with Crippen LogP contribution < -0.4 is 4.74 Å². The molecule has 1 rings (SSSR count). The highest BCUT2D eigenvalue weighted by Crippen LogP contribution is 2.32. The van der Waals surface area contributed by atoms with E-state index in [4.69, 9.17) is 18.5 Å². The summed E-state index contributed by atoms with van der Waals surface area (Å²) < 4.78 is 22.2. The highest BCUT2D eigenvalue weighted by atomic mass is 31.2. The van der Waals surface area contributed by atoms with E-state index in [1.165, 1.54) is 76.2 Å². The molecule has 2 atom stereocenters. The van der Waals surface area contributed by atoms with E-state index in [1.807, 2.05) is 38.1 Å². The third-order valence-corrected chi connectivity index (χ3v) is 7.04. The molecular formula is C30H54NO6P. The molecule has 0 bridgehead atoms. The van der Waals surface area contributed by atoms with Crippen LogP contribution in [0.1, 0.15) is 103 Å². The minimum absolute atomic E-state index is 0.0120. The van der Waals surface area contributed by atoms with Crippen LogP contribution in [0.4, 0.5) is 0 Å². The molecule has 1 N–H and O–H groups in total. The highest BCUT2D eigenvalue weighted by molar-refractivity contribution is 7.40. The molecule has 0 aliphatic rings. The molecule has 0 aromatic heterocycles. The fraction of sp³-hybridized carbons (Fsp3) is 0.767. The second-order valence-electron chi connectivity index (χ2n) is 10.3. The van der Waals surface area contributed by atoms with Crippen LogP contribution in [0.15, 0.2) is 24.3 Å². The van der Waals surface area contributed by atoms with Gasteiger partial charge in [0, 0.05) is 13.0 Å². The first-order valence-corrected chi connectivity index (χ1v) is 15.9. The van der Waals surface area contributed by atoms with Gasteiger partial charge in [-0.15, -0.1) is 0 Å². The van der Waals surface area contributed by atoms with E-state index < -0.39 is 14.7 Å². The number of carbonyl (C=O) groups excluding carboxylic acids is 1. The fourth-order valence-corrected chi connectivity index (χ4v) is 4.63. The Morgan fingerprint density at radius 2 is 1.55 bits per heavy atom. The van der Waals surface area contributed by atoms with Gasteiger partial charge in [-0.3, -0.25) is 4.79 Å². The van der Waals surface area contributed by atoms with Crippen LogP contribution in [0.2, 0.25) is 0 Å². The van der Waals surface area contributed by atoms with Gasteiger partial charge in [-0.25, -0.2) is 0 Å².